The van der Waals surface area contributed by atoms with Crippen molar-refractivity contribution in [2.75, 3.05) is 0 Å². The molecule has 0 bridgehead atoms. The predicted molar refractivity (Wildman–Crippen MR) is 76.9 cm³/mol. The van der Waals surface area contributed by atoms with Gasteiger partial charge in [0.2, 0.25) is 0 Å². The number of carbonyl (C=O) groups excluding carboxylic acids is 2. The smallest absolute Gasteiger partial charge is 0.288 e. The van der Waals surface area contributed by atoms with Crippen LogP contribution >= 0.6 is 12.4 Å². The molecule has 1 N–H and O–H groups in total. The number of carbonyl (C=O) groups is 2. The van der Waals surface area contributed by atoms with E-state index in [-0.39, 0.29) is 18.0 Å². The zero-order valence-electron chi connectivity index (χ0n) is 11.1. The van der Waals surface area contributed by atoms with Crippen molar-refractivity contribution in [1.82, 2.24) is 5.32 Å². The summed E-state index contributed by atoms with van der Waals surface area (Å²) in [6.45, 7) is 0. The van der Waals surface area contributed by atoms with E-state index in [1.165, 1.54) is 24.3 Å². The van der Waals surface area contributed by atoms with Crippen molar-refractivity contribution in [3.05, 3.63) is 71.3 Å². The molecule has 0 unspecified atom stereocenters. The maximum atomic E-state index is 12.8. The topological polar surface area (TPSA) is 46.2 Å². The van der Waals surface area contributed by atoms with Crippen LogP contribution in [-0.2, 0) is 6.18 Å². The van der Waals surface area contributed by atoms with Crippen LogP contribution in [0, 0.1) is 0 Å². The van der Waals surface area contributed by atoms with Gasteiger partial charge in [0.1, 0.15) is 0 Å². The molecule has 3 nitrogen and oxygen atoms in total. The summed E-state index contributed by atoms with van der Waals surface area (Å²) in [6, 6.07) is 12.1. The van der Waals surface area contributed by atoms with Gasteiger partial charge in [0.25, 0.3) is 11.8 Å². The Hall–Kier alpha value is -2.34. The average molecular weight is 330 g/mol. The molecule has 0 fully saturated rings. The summed E-state index contributed by atoms with van der Waals surface area (Å²) in [5.74, 6) is -1.84. The Balaban J connectivity index is 0.00000242. The number of halogens is 4. The maximum absolute atomic E-state index is 12.8. The Labute approximate surface area is 130 Å². The van der Waals surface area contributed by atoms with Gasteiger partial charge in [-0.2, -0.15) is 13.2 Å². The SMILES string of the molecule is Cl.O=C(NC(=O)c1ccccc1C(F)(F)F)c1ccccc1. The summed E-state index contributed by atoms with van der Waals surface area (Å²) in [4.78, 5) is 23.6. The molecule has 0 aliphatic carbocycles. The molecule has 2 aromatic rings. The standard InChI is InChI=1S/C15H10F3NO2.ClH/c16-15(17,18)12-9-5-4-8-11(12)14(21)19-13(20)10-6-2-1-3-7-10;/h1-9H,(H,19,20,21);1H. The number of hydrogen-bond acceptors (Lipinski definition) is 2. The highest BCUT2D eigenvalue weighted by Gasteiger charge is 2.35. The number of benzene rings is 2. The third-order valence-corrected chi connectivity index (χ3v) is 2.74. The largest absolute Gasteiger partial charge is 0.417 e. The third-order valence-electron chi connectivity index (χ3n) is 2.74. The van der Waals surface area contributed by atoms with Gasteiger partial charge in [-0.15, -0.1) is 12.4 Å². The lowest BCUT2D eigenvalue weighted by atomic mass is 10.1. The van der Waals surface area contributed by atoms with E-state index in [2.05, 4.69) is 0 Å². The Kier molecular flexibility index (Phi) is 5.70. The molecule has 116 valence electrons. The van der Waals surface area contributed by atoms with Gasteiger partial charge >= 0.3 is 6.18 Å². The Morgan fingerprint density at radius 3 is 1.95 bits per heavy atom. The third kappa shape index (κ3) is 4.08. The van der Waals surface area contributed by atoms with Crippen LogP contribution < -0.4 is 5.32 Å². The van der Waals surface area contributed by atoms with E-state index in [4.69, 9.17) is 0 Å². The molecule has 0 saturated carbocycles. The van der Waals surface area contributed by atoms with Crippen molar-refractivity contribution in [2.24, 2.45) is 0 Å². The highest BCUT2D eigenvalue weighted by Crippen LogP contribution is 2.31. The van der Waals surface area contributed by atoms with Gasteiger partial charge in [-0.1, -0.05) is 30.3 Å². The summed E-state index contributed by atoms with van der Waals surface area (Å²) in [7, 11) is 0. The molecule has 0 heterocycles. The summed E-state index contributed by atoms with van der Waals surface area (Å²) >= 11 is 0. The molecule has 2 aromatic carbocycles. The molecule has 0 aliphatic rings. The van der Waals surface area contributed by atoms with Crippen LogP contribution in [-0.4, -0.2) is 11.8 Å². The first-order valence-electron chi connectivity index (χ1n) is 5.96. The minimum absolute atomic E-state index is 0. The number of rotatable bonds is 2. The number of alkyl halides is 3. The van der Waals surface area contributed by atoms with Gasteiger partial charge in [0.15, 0.2) is 0 Å². The second-order valence-corrected chi connectivity index (χ2v) is 4.19. The fourth-order valence-electron chi connectivity index (χ4n) is 1.76. The van der Waals surface area contributed by atoms with Gasteiger partial charge in [0.05, 0.1) is 11.1 Å². The van der Waals surface area contributed by atoms with E-state index in [0.29, 0.717) is 0 Å². The predicted octanol–water partition coefficient (Wildman–Crippen LogP) is 3.70. The number of imide groups is 1. The first-order chi connectivity index (χ1) is 9.89. The minimum atomic E-state index is -4.66. The fraction of sp³-hybridized carbons (Fsp3) is 0.0667. The van der Waals surface area contributed by atoms with Crippen molar-refractivity contribution < 1.29 is 22.8 Å². The average Bonchev–Trinajstić information content (AvgIpc) is 2.47. The van der Waals surface area contributed by atoms with Gasteiger partial charge in [-0.25, -0.2) is 0 Å². The van der Waals surface area contributed by atoms with Gasteiger partial charge in [-0.05, 0) is 24.3 Å². The second-order valence-electron chi connectivity index (χ2n) is 4.19. The van der Waals surface area contributed by atoms with Crippen molar-refractivity contribution in [3.8, 4) is 0 Å². The van der Waals surface area contributed by atoms with Crippen LogP contribution in [0.15, 0.2) is 54.6 Å². The van der Waals surface area contributed by atoms with E-state index < -0.39 is 29.1 Å². The molecule has 0 spiro atoms. The maximum Gasteiger partial charge on any atom is 0.417 e. The molecule has 0 saturated heterocycles. The van der Waals surface area contributed by atoms with E-state index in [9.17, 15) is 22.8 Å². The summed E-state index contributed by atoms with van der Waals surface area (Å²) < 4.78 is 38.4. The van der Waals surface area contributed by atoms with Gasteiger partial charge < -0.3 is 0 Å². The van der Waals surface area contributed by atoms with Crippen LogP contribution in [0.4, 0.5) is 13.2 Å². The van der Waals surface area contributed by atoms with E-state index >= 15 is 0 Å². The Morgan fingerprint density at radius 1 is 0.818 bits per heavy atom. The van der Waals surface area contributed by atoms with Crippen molar-refractivity contribution in [1.29, 1.82) is 0 Å². The van der Waals surface area contributed by atoms with Crippen molar-refractivity contribution >= 4 is 24.2 Å². The van der Waals surface area contributed by atoms with Crippen LogP contribution in [0.5, 0.6) is 0 Å². The zero-order chi connectivity index (χ0) is 15.5. The molecular weight excluding hydrogens is 319 g/mol. The Morgan fingerprint density at radius 2 is 1.36 bits per heavy atom. The van der Waals surface area contributed by atoms with Crippen LogP contribution in [0.3, 0.4) is 0 Å². The monoisotopic (exact) mass is 329 g/mol. The summed E-state index contributed by atoms with van der Waals surface area (Å²) in [5.41, 5.74) is -1.48. The highest BCUT2D eigenvalue weighted by molar-refractivity contribution is 6.10. The van der Waals surface area contributed by atoms with E-state index in [1.807, 2.05) is 5.32 Å². The molecule has 22 heavy (non-hydrogen) atoms. The number of nitrogens with one attached hydrogen (secondary N) is 1. The normalized spacial score (nSPS) is 10.5. The van der Waals surface area contributed by atoms with Gasteiger partial charge in [-0.3, -0.25) is 14.9 Å². The summed E-state index contributed by atoms with van der Waals surface area (Å²) in [6.07, 6.45) is -4.66. The molecule has 0 radical (unpaired) electrons. The number of amides is 2. The quantitative estimate of drug-likeness (QED) is 0.854. The molecule has 0 aliphatic heterocycles. The first kappa shape index (κ1) is 17.7. The molecular formula is C15H11ClF3NO2. The summed E-state index contributed by atoms with van der Waals surface area (Å²) in [5, 5.41) is 1.95. The lowest BCUT2D eigenvalue weighted by molar-refractivity contribution is -0.137. The van der Waals surface area contributed by atoms with E-state index in [1.54, 1.807) is 18.2 Å². The van der Waals surface area contributed by atoms with Gasteiger partial charge in [0, 0.05) is 5.56 Å². The fourth-order valence-corrected chi connectivity index (χ4v) is 1.76. The lowest BCUT2D eigenvalue weighted by Gasteiger charge is -2.12. The number of hydrogen-bond donors (Lipinski definition) is 1. The van der Waals surface area contributed by atoms with E-state index in [0.717, 1.165) is 12.1 Å². The zero-order valence-corrected chi connectivity index (χ0v) is 11.9. The molecule has 7 heteroatoms. The molecule has 2 amide bonds. The second kappa shape index (κ2) is 7.09. The van der Waals surface area contributed by atoms with Crippen molar-refractivity contribution in [2.45, 2.75) is 6.18 Å². The minimum Gasteiger partial charge on any atom is -0.288 e. The Bertz CT molecular complexity index is 672. The molecule has 0 aromatic heterocycles. The highest BCUT2D eigenvalue weighted by atomic mass is 35.5. The van der Waals surface area contributed by atoms with Crippen LogP contribution in [0.25, 0.3) is 0 Å². The van der Waals surface area contributed by atoms with Crippen molar-refractivity contribution in [3.63, 3.8) is 0 Å². The lowest BCUT2D eigenvalue weighted by Crippen LogP contribution is -2.32. The molecule has 2 rings (SSSR count). The van der Waals surface area contributed by atoms with Crippen LogP contribution in [0.2, 0.25) is 0 Å². The van der Waals surface area contributed by atoms with Crippen LogP contribution in [0.1, 0.15) is 26.3 Å². The first-order valence-corrected chi connectivity index (χ1v) is 5.96. The molecule has 0 atom stereocenters.